The molecule has 3 heterocycles. The van der Waals surface area contributed by atoms with Crippen molar-refractivity contribution >= 4 is 11.8 Å². The van der Waals surface area contributed by atoms with Crippen LogP contribution in [0.15, 0.2) is 36.9 Å². The van der Waals surface area contributed by atoms with E-state index in [2.05, 4.69) is 6.58 Å². The van der Waals surface area contributed by atoms with E-state index < -0.39 is 0 Å². The van der Waals surface area contributed by atoms with E-state index in [9.17, 15) is 9.59 Å². The second-order valence-electron chi connectivity index (χ2n) is 6.85. The van der Waals surface area contributed by atoms with Gasteiger partial charge < -0.3 is 14.5 Å². The predicted molar refractivity (Wildman–Crippen MR) is 85.0 cm³/mol. The van der Waals surface area contributed by atoms with Crippen LogP contribution in [0.4, 0.5) is 0 Å². The fourth-order valence-corrected chi connectivity index (χ4v) is 3.87. The summed E-state index contributed by atoms with van der Waals surface area (Å²) >= 11 is 0. The number of fused-ring (bicyclic) bond motifs is 1. The monoisotopic (exact) mass is 312 g/mol. The lowest BCUT2D eigenvalue weighted by molar-refractivity contribution is -0.170. The number of amides is 2. The molecule has 2 amide bonds. The minimum Gasteiger partial charge on any atom is -0.480 e. The van der Waals surface area contributed by atoms with Gasteiger partial charge in [-0.3, -0.25) is 9.59 Å². The van der Waals surface area contributed by atoms with Crippen molar-refractivity contribution in [3.8, 4) is 5.75 Å². The molecule has 0 radical (unpaired) electrons. The lowest BCUT2D eigenvalue weighted by Crippen LogP contribution is -2.74. The average Bonchev–Trinajstić information content (AvgIpc) is 2.51. The summed E-state index contributed by atoms with van der Waals surface area (Å²) in [5.41, 5.74) is 1.29. The van der Waals surface area contributed by atoms with Gasteiger partial charge >= 0.3 is 0 Å². The molecule has 1 spiro atoms. The number of nitrogens with zero attached hydrogens (tertiary/aromatic N) is 2. The molecule has 2 saturated heterocycles. The summed E-state index contributed by atoms with van der Waals surface area (Å²) in [5.74, 6) is 0.894. The summed E-state index contributed by atoms with van der Waals surface area (Å²) < 4.78 is 5.88. The topological polar surface area (TPSA) is 49.9 Å². The molecule has 1 aromatic rings. The van der Waals surface area contributed by atoms with Gasteiger partial charge in [0.2, 0.25) is 5.91 Å². The van der Waals surface area contributed by atoms with Gasteiger partial charge in [0.25, 0.3) is 5.91 Å². The van der Waals surface area contributed by atoms with Gasteiger partial charge in [0, 0.05) is 31.6 Å². The highest BCUT2D eigenvalue weighted by molar-refractivity contribution is 5.88. The summed E-state index contributed by atoms with van der Waals surface area (Å²) in [6.07, 6.45) is 2.60. The molecule has 3 aliphatic heterocycles. The van der Waals surface area contributed by atoms with Crippen molar-refractivity contribution < 1.29 is 14.3 Å². The number of benzene rings is 1. The molecule has 1 aromatic carbocycles. The zero-order valence-corrected chi connectivity index (χ0v) is 13.0. The third kappa shape index (κ3) is 2.31. The van der Waals surface area contributed by atoms with E-state index in [1.807, 2.05) is 29.2 Å². The number of para-hydroxylation sites is 1. The highest BCUT2D eigenvalue weighted by Gasteiger charge is 2.55. The molecule has 1 unspecified atom stereocenters. The van der Waals surface area contributed by atoms with Crippen molar-refractivity contribution in [3.05, 3.63) is 42.5 Å². The van der Waals surface area contributed by atoms with Gasteiger partial charge in [-0.25, -0.2) is 0 Å². The van der Waals surface area contributed by atoms with Gasteiger partial charge in [-0.15, -0.1) is 0 Å². The summed E-state index contributed by atoms with van der Waals surface area (Å²) in [6.45, 7) is 6.43. The van der Waals surface area contributed by atoms with Crippen LogP contribution in [0.5, 0.6) is 5.75 Å². The van der Waals surface area contributed by atoms with Crippen LogP contribution in [0.2, 0.25) is 0 Å². The third-order valence-corrected chi connectivity index (χ3v) is 5.10. The Hall–Kier alpha value is -2.30. The number of ether oxygens (including phenoxy) is 1. The normalized spacial score (nSPS) is 24.1. The molecule has 0 aliphatic carbocycles. The predicted octanol–water partition coefficient (Wildman–Crippen LogP) is 1.24. The molecule has 3 aliphatic rings. The van der Waals surface area contributed by atoms with Crippen LogP contribution in [-0.4, -0.2) is 53.9 Å². The van der Waals surface area contributed by atoms with Crippen LogP contribution >= 0.6 is 0 Å². The van der Waals surface area contributed by atoms with Crippen molar-refractivity contribution in [2.45, 2.75) is 18.9 Å². The van der Waals surface area contributed by atoms with E-state index in [0.29, 0.717) is 0 Å². The fraction of sp³-hybridized carbons (Fsp3) is 0.444. The Bertz CT molecular complexity index is 671. The van der Waals surface area contributed by atoms with E-state index >= 15 is 0 Å². The number of rotatable bonds is 2. The molecule has 1 atom stereocenters. The van der Waals surface area contributed by atoms with Gasteiger partial charge in [0.1, 0.15) is 5.75 Å². The van der Waals surface area contributed by atoms with Gasteiger partial charge in [-0.05, 0) is 30.5 Å². The van der Waals surface area contributed by atoms with Crippen molar-refractivity contribution in [1.29, 1.82) is 0 Å². The SMILES string of the molecule is C=CC(=O)N1CC2(C1)CN(C(=O)C1CCc3ccccc3O1)C2. The quantitative estimate of drug-likeness (QED) is 0.772. The Morgan fingerprint density at radius 2 is 1.87 bits per heavy atom. The molecule has 0 bridgehead atoms. The lowest BCUT2D eigenvalue weighted by Gasteiger charge is -2.60. The Morgan fingerprint density at radius 1 is 1.17 bits per heavy atom. The molecule has 0 aromatic heterocycles. The Morgan fingerprint density at radius 3 is 2.61 bits per heavy atom. The molecular formula is C18H20N2O3. The maximum Gasteiger partial charge on any atom is 0.263 e. The largest absolute Gasteiger partial charge is 0.480 e. The second-order valence-corrected chi connectivity index (χ2v) is 6.85. The fourth-order valence-electron chi connectivity index (χ4n) is 3.87. The van der Waals surface area contributed by atoms with Crippen LogP contribution < -0.4 is 4.74 Å². The molecule has 4 rings (SSSR count). The first-order valence-corrected chi connectivity index (χ1v) is 8.05. The summed E-state index contributed by atoms with van der Waals surface area (Å²) in [6, 6.07) is 7.91. The van der Waals surface area contributed by atoms with Crippen LogP contribution in [0.1, 0.15) is 12.0 Å². The number of aryl methyl sites for hydroxylation is 1. The Balaban J connectivity index is 1.33. The number of hydrogen-bond donors (Lipinski definition) is 0. The number of hydrogen-bond acceptors (Lipinski definition) is 3. The molecule has 5 heteroatoms. The Kier molecular flexibility index (Phi) is 3.18. The standard InChI is InChI=1S/C18H20N2O3/c1-2-16(21)19-9-18(10-19)11-20(12-18)17(22)15-8-7-13-5-3-4-6-14(13)23-15/h2-6,15H,1,7-12H2. The number of carbonyl (C=O) groups is 2. The van der Waals surface area contributed by atoms with Crippen LogP contribution in [0.25, 0.3) is 0 Å². The first-order valence-electron chi connectivity index (χ1n) is 8.05. The number of likely N-dealkylation sites (tertiary alicyclic amines) is 2. The van der Waals surface area contributed by atoms with Crippen molar-refractivity contribution in [2.24, 2.45) is 5.41 Å². The third-order valence-electron chi connectivity index (χ3n) is 5.10. The van der Waals surface area contributed by atoms with Crippen molar-refractivity contribution in [2.75, 3.05) is 26.2 Å². The minimum atomic E-state index is -0.367. The average molecular weight is 312 g/mol. The molecule has 120 valence electrons. The maximum atomic E-state index is 12.6. The van der Waals surface area contributed by atoms with Crippen LogP contribution in [0.3, 0.4) is 0 Å². The smallest absolute Gasteiger partial charge is 0.263 e. The summed E-state index contributed by atoms with van der Waals surface area (Å²) in [7, 11) is 0. The molecule has 2 fully saturated rings. The molecule has 0 saturated carbocycles. The second kappa shape index (κ2) is 5.11. The number of carbonyl (C=O) groups excluding carboxylic acids is 2. The summed E-state index contributed by atoms with van der Waals surface area (Å²) in [4.78, 5) is 27.8. The van der Waals surface area contributed by atoms with E-state index in [4.69, 9.17) is 4.74 Å². The first-order chi connectivity index (χ1) is 11.1. The van der Waals surface area contributed by atoms with Gasteiger partial charge in [-0.1, -0.05) is 24.8 Å². The molecular weight excluding hydrogens is 292 g/mol. The Labute approximate surface area is 135 Å². The molecule has 5 nitrogen and oxygen atoms in total. The van der Waals surface area contributed by atoms with Crippen LogP contribution in [0, 0.1) is 5.41 Å². The minimum absolute atomic E-state index is 0.0207. The molecule has 23 heavy (non-hydrogen) atoms. The van der Waals surface area contributed by atoms with E-state index in [-0.39, 0.29) is 23.3 Å². The van der Waals surface area contributed by atoms with E-state index in [1.54, 1.807) is 4.90 Å². The van der Waals surface area contributed by atoms with Gasteiger partial charge in [0.15, 0.2) is 6.10 Å². The van der Waals surface area contributed by atoms with E-state index in [0.717, 1.165) is 44.8 Å². The maximum absolute atomic E-state index is 12.6. The van der Waals surface area contributed by atoms with Crippen molar-refractivity contribution in [1.82, 2.24) is 9.80 Å². The highest BCUT2D eigenvalue weighted by atomic mass is 16.5. The van der Waals surface area contributed by atoms with Crippen molar-refractivity contribution in [3.63, 3.8) is 0 Å². The van der Waals surface area contributed by atoms with Gasteiger partial charge in [-0.2, -0.15) is 0 Å². The van der Waals surface area contributed by atoms with Crippen LogP contribution in [-0.2, 0) is 16.0 Å². The lowest BCUT2D eigenvalue weighted by atomic mass is 9.72. The van der Waals surface area contributed by atoms with E-state index in [1.165, 1.54) is 11.6 Å². The summed E-state index contributed by atoms with van der Waals surface area (Å²) in [5, 5.41) is 0. The first kappa shape index (κ1) is 14.3. The highest BCUT2D eigenvalue weighted by Crippen LogP contribution is 2.40. The zero-order chi connectivity index (χ0) is 16.0. The molecule has 0 N–H and O–H groups in total. The zero-order valence-electron chi connectivity index (χ0n) is 13.0. The van der Waals surface area contributed by atoms with Gasteiger partial charge in [0.05, 0.1) is 0 Å².